The highest BCUT2D eigenvalue weighted by Crippen LogP contribution is 2.28. The first-order valence-corrected chi connectivity index (χ1v) is 8.07. The molecular formula is C15H17NO4S. The average Bonchev–Trinajstić information content (AvgIpc) is 2.48. The van der Waals surface area contributed by atoms with E-state index in [1.165, 1.54) is 18.2 Å². The zero-order chi connectivity index (χ0) is 15.5. The maximum atomic E-state index is 12.4. The van der Waals surface area contributed by atoms with Gasteiger partial charge < -0.3 is 5.11 Å². The summed E-state index contributed by atoms with van der Waals surface area (Å²) in [6.07, 6.45) is 5.37. The van der Waals surface area contributed by atoms with Gasteiger partial charge in [-0.05, 0) is 18.6 Å². The lowest BCUT2D eigenvalue weighted by Gasteiger charge is -2.32. The summed E-state index contributed by atoms with van der Waals surface area (Å²) in [7, 11) is -3.70. The number of benzene rings is 1. The molecule has 0 spiro atoms. The van der Waals surface area contributed by atoms with E-state index in [1.807, 2.05) is 6.92 Å². The van der Waals surface area contributed by atoms with Gasteiger partial charge >= 0.3 is 5.97 Å². The van der Waals surface area contributed by atoms with Gasteiger partial charge in [-0.3, -0.25) is 0 Å². The molecule has 21 heavy (non-hydrogen) atoms. The van der Waals surface area contributed by atoms with Crippen molar-refractivity contribution in [2.24, 2.45) is 0 Å². The van der Waals surface area contributed by atoms with Gasteiger partial charge in [-0.25, -0.2) is 17.9 Å². The Morgan fingerprint density at radius 3 is 2.57 bits per heavy atom. The first-order valence-electron chi connectivity index (χ1n) is 6.59. The molecule has 6 heteroatoms. The third-order valence-corrected chi connectivity index (χ3v) is 5.08. The zero-order valence-corrected chi connectivity index (χ0v) is 12.4. The van der Waals surface area contributed by atoms with E-state index in [2.05, 4.69) is 4.72 Å². The van der Waals surface area contributed by atoms with Crippen LogP contribution in [0.15, 0.2) is 59.0 Å². The predicted octanol–water partition coefficient (Wildman–Crippen LogP) is 2.08. The fraction of sp³-hybridized carbons (Fsp3) is 0.267. The summed E-state index contributed by atoms with van der Waals surface area (Å²) < 4.78 is 27.5. The number of sulfonamides is 1. The molecule has 0 aromatic heterocycles. The van der Waals surface area contributed by atoms with E-state index in [0.717, 1.165) is 0 Å². The lowest BCUT2D eigenvalue weighted by molar-refractivity contribution is -0.133. The molecule has 2 N–H and O–H groups in total. The van der Waals surface area contributed by atoms with Crippen molar-refractivity contribution in [1.82, 2.24) is 4.72 Å². The SMILES string of the molecule is CCC1(NS(=O)(=O)c2ccccc2)C=CC=C(C(=O)O)C1. The van der Waals surface area contributed by atoms with Gasteiger partial charge in [-0.2, -0.15) is 0 Å². The Balaban J connectivity index is 2.30. The zero-order valence-electron chi connectivity index (χ0n) is 11.6. The molecule has 0 fully saturated rings. The summed E-state index contributed by atoms with van der Waals surface area (Å²) in [6, 6.07) is 8.04. The van der Waals surface area contributed by atoms with Crippen molar-refractivity contribution >= 4 is 16.0 Å². The van der Waals surface area contributed by atoms with Gasteiger partial charge in [-0.15, -0.1) is 0 Å². The highest BCUT2D eigenvalue weighted by Gasteiger charge is 2.34. The van der Waals surface area contributed by atoms with E-state index in [1.54, 1.807) is 30.4 Å². The summed E-state index contributed by atoms with van der Waals surface area (Å²) in [5, 5.41) is 9.10. The average molecular weight is 307 g/mol. The maximum absolute atomic E-state index is 12.4. The summed E-state index contributed by atoms with van der Waals surface area (Å²) in [6.45, 7) is 1.82. The lowest BCUT2D eigenvalue weighted by atomic mass is 9.85. The van der Waals surface area contributed by atoms with Gasteiger partial charge in [0.05, 0.1) is 10.4 Å². The molecule has 5 nitrogen and oxygen atoms in total. The van der Waals surface area contributed by atoms with E-state index >= 15 is 0 Å². The molecule has 0 heterocycles. The van der Waals surface area contributed by atoms with Crippen molar-refractivity contribution in [3.8, 4) is 0 Å². The summed E-state index contributed by atoms with van der Waals surface area (Å²) >= 11 is 0. The number of hydrogen-bond acceptors (Lipinski definition) is 3. The van der Waals surface area contributed by atoms with Crippen LogP contribution in [0.4, 0.5) is 0 Å². The Kier molecular flexibility index (Phi) is 4.29. The first-order chi connectivity index (χ1) is 9.88. The van der Waals surface area contributed by atoms with Crippen LogP contribution in [-0.2, 0) is 14.8 Å². The van der Waals surface area contributed by atoms with Crippen LogP contribution in [-0.4, -0.2) is 25.0 Å². The van der Waals surface area contributed by atoms with E-state index in [9.17, 15) is 13.2 Å². The summed E-state index contributed by atoms with van der Waals surface area (Å²) in [5.41, 5.74) is -0.716. The Morgan fingerprint density at radius 1 is 1.33 bits per heavy atom. The largest absolute Gasteiger partial charge is 0.478 e. The number of nitrogens with one attached hydrogen (secondary N) is 1. The van der Waals surface area contributed by atoms with Gasteiger partial charge in [0, 0.05) is 12.0 Å². The van der Waals surface area contributed by atoms with Crippen LogP contribution in [0.5, 0.6) is 0 Å². The number of carboxylic acids is 1. The van der Waals surface area contributed by atoms with Crippen molar-refractivity contribution in [2.45, 2.75) is 30.2 Å². The standard InChI is InChI=1S/C15H17NO4S/c1-2-15(10-6-7-12(11-15)14(17)18)16-21(19,20)13-8-4-3-5-9-13/h3-10,16H,2,11H2,1H3,(H,17,18). The smallest absolute Gasteiger partial charge is 0.331 e. The van der Waals surface area contributed by atoms with Crippen molar-refractivity contribution < 1.29 is 18.3 Å². The molecule has 1 unspecified atom stereocenters. The van der Waals surface area contributed by atoms with Crippen LogP contribution in [0.2, 0.25) is 0 Å². The minimum Gasteiger partial charge on any atom is -0.478 e. The van der Waals surface area contributed by atoms with Crippen LogP contribution in [0, 0.1) is 0 Å². The number of rotatable bonds is 5. The summed E-state index contributed by atoms with van der Waals surface area (Å²) in [4.78, 5) is 11.3. The molecule has 0 radical (unpaired) electrons. The van der Waals surface area contributed by atoms with Gasteiger partial charge in [0.1, 0.15) is 0 Å². The molecule has 1 aromatic rings. The predicted molar refractivity (Wildman–Crippen MR) is 79.3 cm³/mol. The second-order valence-electron chi connectivity index (χ2n) is 4.96. The molecule has 0 aliphatic heterocycles. The minimum absolute atomic E-state index is 0.126. The van der Waals surface area contributed by atoms with Gasteiger partial charge in [0.15, 0.2) is 0 Å². The second kappa shape index (κ2) is 5.83. The molecule has 2 rings (SSSR count). The van der Waals surface area contributed by atoms with E-state index in [-0.39, 0.29) is 16.9 Å². The summed E-state index contributed by atoms with van der Waals surface area (Å²) in [5.74, 6) is -1.03. The lowest BCUT2D eigenvalue weighted by Crippen LogP contribution is -2.47. The topological polar surface area (TPSA) is 83.5 Å². The molecular weight excluding hydrogens is 290 g/mol. The Hall–Kier alpha value is -1.92. The Bertz CT molecular complexity index is 692. The van der Waals surface area contributed by atoms with Gasteiger partial charge in [-0.1, -0.05) is 43.4 Å². The van der Waals surface area contributed by atoms with E-state index in [4.69, 9.17) is 5.11 Å². The van der Waals surface area contributed by atoms with Crippen molar-refractivity contribution in [2.75, 3.05) is 0 Å². The fourth-order valence-corrected chi connectivity index (χ4v) is 3.72. The fourth-order valence-electron chi connectivity index (χ4n) is 2.26. The Morgan fingerprint density at radius 2 is 2.00 bits per heavy atom. The second-order valence-corrected chi connectivity index (χ2v) is 6.64. The van der Waals surface area contributed by atoms with Crippen LogP contribution in [0.25, 0.3) is 0 Å². The van der Waals surface area contributed by atoms with Crippen LogP contribution in [0.3, 0.4) is 0 Å². The maximum Gasteiger partial charge on any atom is 0.331 e. The molecule has 0 saturated carbocycles. The molecule has 0 bridgehead atoms. The third kappa shape index (κ3) is 3.40. The molecule has 112 valence electrons. The highest BCUT2D eigenvalue weighted by molar-refractivity contribution is 7.89. The van der Waals surface area contributed by atoms with Crippen molar-refractivity contribution in [3.63, 3.8) is 0 Å². The number of aliphatic carboxylic acids is 1. The van der Waals surface area contributed by atoms with Crippen LogP contribution >= 0.6 is 0 Å². The quantitative estimate of drug-likeness (QED) is 0.872. The number of hydrogen-bond donors (Lipinski definition) is 2. The third-order valence-electron chi connectivity index (χ3n) is 3.52. The molecule has 1 aliphatic carbocycles. The number of carboxylic acid groups (broad SMARTS) is 1. The van der Waals surface area contributed by atoms with E-state index in [0.29, 0.717) is 6.42 Å². The van der Waals surface area contributed by atoms with Gasteiger partial charge in [0.2, 0.25) is 10.0 Å². The van der Waals surface area contributed by atoms with Crippen molar-refractivity contribution in [1.29, 1.82) is 0 Å². The van der Waals surface area contributed by atoms with Crippen LogP contribution < -0.4 is 4.72 Å². The molecule has 1 aliphatic rings. The molecule has 1 atom stereocenters. The molecule has 0 amide bonds. The van der Waals surface area contributed by atoms with Crippen LogP contribution in [0.1, 0.15) is 19.8 Å². The van der Waals surface area contributed by atoms with Gasteiger partial charge in [0.25, 0.3) is 0 Å². The van der Waals surface area contributed by atoms with E-state index < -0.39 is 21.5 Å². The number of allylic oxidation sites excluding steroid dienone is 2. The highest BCUT2D eigenvalue weighted by atomic mass is 32.2. The number of carbonyl (C=O) groups is 1. The monoisotopic (exact) mass is 307 g/mol. The molecule has 1 aromatic carbocycles. The normalized spacial score (nSPS) is 21.9. The first kappa shape index (κ1) is 15.5. The minimum atomic E-state index is -3.70. The Labute approximate surface area is 124 Å². The van der Waals surface area contributed by atoms with Crippen molar-refractivity contribution in [3.05, 3.63) is 54.1 Å². The molecule has 0 saturated heterocycles.